The van der Waals surface area contributed by atoms with E-state index in [0.29, 0.717) is 53.9 Å². The van der Waals surface area contributed by atoms with Crippen molar-refractivity contribution >= 4 is 17.5 Å². The van der Waals surface area contributed by atoms with Crippen LogP contribution < -0.4 is 10.6 Å². The van der Waals surface area contributed by atoms with Crippen LogP contribution in [0.1, 0.15) is 23.6 Å². The van der Waals surface area contributed by atoms with Gasteiger partial charge in [0.05, 0.1) is 30.6 Å². The van der Waals surface area contributed by atoms with Crippen molar-refractivity contribution in [1.29, 1.82) is 0 Å². The first-order valence-electron chi connectivity index (χ1n) is 10.2. The lowest BCUT2D eigenvalue weighted by Crippen LogP contribution is -2.14. The third kappa shape index (κ3) is 6.26. The van der Waals surface area contributed by atoms with Crippen molar-refractivity contribution in [3.05, 3.63) is 65.9 Å². The second-order valence-electron chi connectivity index (χ2n) is 6.92. The van der Waals surface area contributed by atoms with Crippen LogP contribution in [0.4, 0.5) is 24.9 Å². The number of nitrogens with one attached hydrogen (secondary N) is 2. The van der Waals surface area contributed by atoms with Gasteiger partial charge in [0.2, 0.25) is 5.95 Å². The maximum absolute atomic E-state index is 13.1. The molecule has 2 heterocycles. The SMILES string of the molecule is C=C(OCC)c1c(NCc2cccc(C(F)(F)F)c2)nc(NCCOC)nc1-c1ccco1. The average Bonchev–Trinajstić information content (AvgIpc) is 3.32. The second-order valence-corrected chi connectivity index (χ2v) is 6.92. The van der Waals surface area contributed by atoms with Gasteiger partial charge in [-0.05, 0) is 36.8 Å². The molecule has 176 valence electrons. The molecule has 0 fully saturated rings. The van der Waals surface area contributed by atoms with E-state index in [1.165, 1.54) is 12.3 Å². The normalized spacial score (nSPS) is 11.3. The summed E-state index contributed by atoms with van der Waals surface area (Å²) >= 11 is 0. The lowest BCUT2D eigenvalue weighted by molar-refractivity contribution is -0.137. The number of hydrogen-bond acceptors (Lipinski definition) is 7. The zero-order chi connectivity index (χ0) is 23.8. The van der Waals surface area contributed by atoms with Gasteiger partial charge in [-0.2, -0.15) is 18.2 Å². The molecule has 7 nitrogen and oxygen atoms in total. The Labute approximate surface area is 189 Å². The lowest BCUT2D eigenvalue weighted by Gasteiger charge is -2.18. The molecular weight excluding hydrogens is 437 g/mol. The van der Waals surface area contributed by atoms with Gasteiger partial charge in [0, 0.05) is 20.2 Å². The summed E-state index contributed by atoms with van der Waals surface area (Å²) in [5, 5.41) is 6.17. The van der Waals surface area contributed by atoms with Crippen molar-refractivity contribution in [2.24, 2.45) is 0 Å². The molecule has 0 aliphatic heterocycles. The van der Waals surface area contributed by atoms with Crippen molar-refractivity contribution in [1.82, 2.24) is 9.97 Å². The van der Waals surface area contributed by atoms with E-state index in [9.17, 15) is 13.2 Å². The summed E-state index contributed by atoms with van der Waals surface area (Å²) in [6.45, 7) is 7.12. The molecule has 0 radical (unpaired) electrons. The quantitative estimate of drug-likeness (QED) is 0.290. The molecule has 0 unspecified atom stereocenters. The molecule has 0 saturated heterocycles. The zero-order valence-corrected chi connectivity index (χ0v) is 18.3. The fraction of sp³-hybridized carbons (Fsp3) is 0.304. The van der Waals surface area contributed by atoms with Crippen LogP contribution in [0.3, 0.4) is 0 Å². The number of nitrogens with zero attached hydrogens (tertiary/aromatic N) is 2. The molecule has 3 rings (SSSR count). The summed E-state index contributed by atoms with van der Waals surface area (Å²) in [6, 6.07) is 8.55. The number of methoxy groups -OCH3 is 1. The van der Waals surface area contributed by atoms with Gasteiger partial charge in [0.15, 0.2) is 5.76 Å². The number of rotatable bonds is 11. The van der Waals surface area contributed by atoms with E-state index in [2.05, 4.69) is 27.2 Å². The fourth-order valence-electron chi connectivity index (χ4n) is 3.08. The minimum Gasteiger partial charge on any atom is -0.494 e. The van der Waals surface area contributed by atoms with Gasteiger partial charge in [0.1, 0.15) is 17.3 Å². The molecule has 0 amide bonds. The van der Waals surface area contributed by atoms with E-state index in [1.54, 1.807) is 25.3 Å². The van der Waals surface area contributed by atoms with Crippen LogP contribution in [-0.2, 0) is 22.2 Å². The number of hydrogen-bond donors (Lipinski definition) is 2. The van der Waals surface area contributed by atoms with Gasteiger partial charge in [-0.25, -0.2) is 4.98 Å². The zero-order valence-electron chi connectivity index (χ0n) is 18.3. The van der Waals surface area contributed by atoms with Gasteiger partial charge >= 0.3 is 6.18 Å². The van der Waals surface area contributed by atoms with E-state index in [0.717, 1.165) is 12.1 Å². The Morgan fingerprint density at radius 3 is 2.64 bits per heavy atom. The number of alkyl halides is 3. The minimum atomic E-state index is -4.43. The second kappa shape index (κ2) is 10.9. The van der Waals surface area contributed by atoms with Gasteiger partial charge in [-0.15, -0.1) is 0 Å². The highest BCUT2D eigenvalue weighted by molar-refractivity contribution is 5.81. The van der Waals surface area contributed by atoms with E-state index in [4.69, 9.17) is 13.9 Å². The summed E-state index contributed by atoms with van der Waals surface area (Å²) < 4.78 is 55.5. The van der Waals surface area contributed by atoms with Crippen LogP contribution in [-0.4, -0.2) is 36.8 Å². The molecule has 0 saturated carbocycles. The van der Waals surface area contributed by atoms with Gasteiger partial charge in [0.25, 0.3) is 0 Å². The van der Waals surface area contributed by atoms with Crippen LogP contribution in [0.15, 0.2) is 53.7 Å². The van der Waals surface area contributed by atoms with Crippen LogP contribution in [0.2, 0.25) is 0 Å². The Bertz CT molecular complexity index is 1070. The third-order valence-electron chi connectivity index (χ3n) is 4.56. The topological polar surface area (TPSA) is 81.4 Å². The van der Waals surface area contributed by atoms with Gasteiger partial charge in [-0.1, -0.05) is 18.7 Å². The maximum atomic E-state index is 13.1. The number of benzene rings is 1. The first-order chi connectivity index (χ1) is 15.8. The van der Waals surface area contributed by atoms with Gasteiger partial charge < -0.3 is 24.5 Å². The predicted octanol–water partition coefficient (Wildman–Crippen LogP) is 5.43. The summed E-state index contributed by atoms with van der Waals surface area (Å²) in [7, 11) is 1.58. The molecule has 2 N–H and O–H groups in total. The molecule has 3 aromatic rings. The summed E-state index contributed by atoms with van der Waals surface area (Å²) in [6.07, 6.45) is -2.91. The predicted molar refractivity (Wildman–Crippen MR) is 120 cm³/mol. The van der Waals surface area contributed by atoms with Crippen molar-refractivity contribution in [3.63, 3.8) is 0 Å². The molecule has 0 bridgehead atoms. The van der Waals surface area contributed by atoms with E-state index in [1.807, 2.05) is 6.92 Å². The van der Waals surface area contributed by atoms with Gasteiger partial charge in [-0.3, -0.25) is 0 Å². The van der Waals surface area contributed by atoms with Crippen LogP contribution in [0.5, 0.6) is 0 Å². The Balaban J connectivity index is 2.01. The lowest BCUT2D eigenvalue weighted by atomic mass is 10.1. The highest BCUT2D eigenvalue weighted by Crippen LogP contribution is 2.34. The average molecular weight is 462 g/mol. The maximum Gasteiger partial charge on any atom is 0.416 e. The number of anilines is 2. The van der Waals surface area contributed by atoms with E-state index < -0.39 is 11.7 Å². The van der Waals surface area contributed by atoms with E-state index >= 15 is 0 Å². The van der Waals surface area contributed by atoms with Crippen molar-refractivity contribution < 1.29 is 27.1 Å². The van der Waals surface area contributed by atoms with Crippen molar-refractivity contribution in [3.8, 4) is 11.5 Å². The molecule has 0 aliphatic rings. The van der Waals surface area contributed by atoms with Crippen LogP contribution in [0, 0.1) is 0 Å². The third-order valence-corrected chi connectivity index (χ3v) is 4.56. The van der Waals surface area contributed by atoms with E-state index in [-0.39, 0.29) is 12.5 Å². The Morgan fingerprint density at radius 1 is 1.15 bits per heavy atom. The largest absolute Gasteiger partial charge is 0.494 e. The molecule has 2 aromatic heterocycles. The number of furan rings is 1. The summed E-state index contributed by atoms with van der Waals surface area (Å²) in [5.74, 6) is 1.40. The van der Waals surface area contributed by atoms with Crippen LogP contribution >= 0.6 is 0 Å². The fourth-order valence-corrected chi connectivity index (χ4v) is 3.08. The molecular formula is C23H25F3N4O3. The first kappa shape index (κ1) is 24.1. The Hall–Kier alpha value is -3.53. The van der Waals surface area contributed by atoms with Crippen molar-refractivity contribution in [2.75, 3.05) is 37.5 Å². The highest BCUT2D eigenvalue weighted by Gasteiger charge is 2.30. The number of aromatic nitrogens is 2. The Kier molecular flexibility index (Phi) is 7.94. The summed E-state index contributed by atoms with van der Waals surface area (Å²) in [5.41, 5.74) is 0.599. The molecule has 0 aliphatic carbocycles. The molecule has 33 heavy (non-hydrogen) atoms. The minimum absolute atomic E-state index is 0.0858. The highest BCUT2D eigenvalue weighted by atomic mass is 19.4. The van der Waals surface area contributed by atoms with Crippen LogP contribution in [0.25, 0.3) is 17.2 Å². The number of halogens is 3. The summed E-state index contributed by atoms with van der Waals surface area (Å²) in [4.78, 5) is 9.06. The molecule has 10 heteroatoms. The first-order valence-corrected chi connectivity index (χ1v) is 10.2. The van der Waals surface area contributed by atoms with Crippen molar-refractivity contribution in [2.45, 2.75) is 19.6 Å². The Morgan fingerprint density at radius 2 is 1.97 bits per heavy atom. The molecule has 0 atom stereocenters. The standard InChI is InChI=1S/C23H25F3N4O3/c1-4-32-15(2)19-20(18-9-6-11-33-18)29-22(27-10-12-31-3)30-21(19)28-14-16-7-5-8-17(13-16)23(24,25)26/h5-9,11,13H,2,4,10,12,14H2,1,3H3,(H2,27,28,29,30). The number of ether oxygens (including phenoxy) is 2. The molecule has 0 spiro atoms. The smallest absolute Gasteiger partial charge is 0.416 e. The monoisotopic (exact) mass is 462 g/mol. The molecule has 1 aromatic carbocycles.